The quantitative estimate of drug-likeness (QED) is 0.580. The molecule has 0 N–H and O–H groups in total. The molecule has 10 heavy (non-hydrogen) atoms. The zero-order valence-electron chi connectivity index (χ0n) is 6.55. The molecule has 0 aliphatic carbocycles. The fourth-order valence-electron chi connectivity index (χ4n) is 0.430. The fourth-order valence-corrected chi connectivity index (χ4v) is 2.14. The lowest BCUT2D eigenvalue weighted by atomic mass is 10.4. The van der Waals surface area contributed by atoms with Crippen molar-refractivity contribution in [1.29, 1.82) is 0 Å². The molecule has 3 heteroatoms. The Kier molecular flexibility index (Phi) is 7.75. The zero-order valence-corrected chi connectivity index (χ0v) is 8.19. The first-order chi connectivity index (χ1) is 4.81. The summed E-state index contributed by atoms with van der Waals surface area (Å²) in [7, 11) is 0. The van der Waals surface area contributed by atoms with Gasteiger partial charge in [0.25, 0.3) is 0 Å². The van der Waals surface area contributed by atoms with Crippen LogP contribution in [0.3, 0.4) is 0 Å². The van der Waals surface area contributed by atoms with E-state index in [9.17, 15) is 4.79 Å². The maximum atomic E-state index is 10.7. The van der Waals surface area contributed by atoms with Gasteiger partial charge in [0, 0.05) is 17.9 Å². The van der Waals surface area contributed by atoms with Gasteiger partial charge in [-0.3, -0.25) is 4.79 Å². The van der Waals surface area contributed by atoms with Gasteiger partial charge < -0.3 is 0 Å². The second-order valence-corrected chi connectivity index (χ2v) is 4.03. The largest absolute Gasteiger partial charge is 0.299 e. The van der Waals surface area contributed by atoms with E-state index >= 15 is 0 Å². The third kappa shape index (κ3) is 6.49. The van der Waals surface area contributed by atoms with Gasteiger partial charge in [-0.2, -0.15) is 23.5 Å². The molecule has 0 heterocycles. The van der Waals surface area contributed by atoms with Gasteiger partial charge in [-0.05, 0) is 6.26 Å². The summed E-state index contributed by atoms with van der Waals surface area (Å²) >= 11 is 3.57. The highest BCUT2D eigenvalue weighted by Gasteiger charge is 1.96. The van der Waals surface area contributed by atoms with Crippen LogP contribution in [0.4, 0.5) is 0 Å². The first-order valence-corrected chi connectivity index (χ1v) is 5.94. The minimum atomic E-state index is 0.367. The maximum absolute atomic E-state index is 10.7. The Labute approximate surface area is 71.3 Å². The lowest BCUT2D eigenvalue weighted by molar-refractivity contribution is -0.116. The highest BCUT2D eigenvalue weighted by atomic mass is 32.2. The van der Waals surface area contributed by atoms with Crippen molar-refractivity contribution in [2.24, 2.45) is 0 Å². The molecule has 0 rings (SSSR count). The van der Waals surface area contributed by atoms with Crippen molar-refractivity contribution in [2.45, 2.75) is 13.3 Å². The molecule has 1 nitrogen and oxygen atoms in total. The highest BCUT2D eigenvalue weighted by molar-refractivity contribution is 8.02. The molecule has 0 aromatic heterocycles. The lowest BCUT2D eigenvalue weighted by Gasteiger charge is -1.96. The van der Waals surface area contributed by atoms with Gasteiger partial charge in [-0.1, -0.05) is 6.92 Å². The molecule has 0 aliphatic rings. The average Bonchev–Trinajstić information content (AvgIpc) is 1.98. The van der Waals surface area contributed by atoms with Crippen LogP contribution in [0.15, 0.2) is 0 Å². The van der Waals surface area contributed by atoms with Crippen LogP contribution in [0.1, 0.15) is 13.3 Å². The standard InChI is InChI=1S/C7H14OS2/c1-3-7(8)6-10-5-4-9-2/h3-6H2,1-2H3. The molecule has 0 bridgehead atoms. The molecule has 0 unspecified atom stereocenters. The number of carbonyl (C=O) groups is 1. The van der Waals surface area contributed by atoms with Gasteiger partial charge in [-0.25, -0.2) is 0 Å². The Morgan fingerprint density at radius 2 is 2.10 bits per heavy atom. The van der Waals surface area contributed by atoms with Crippen molar-refractivity contribution in [3.63, 3.8) is 0 Å². The van der Waals surface area contributed by atoms with Crippen LogP contribution in [0.2, 0.25) is 0 Å². The molecule has 0 aromatic carbocycles. The number of hydrogen-bond donors (Lipinski definition) is 0. The first kappa shape index (κ1) is 10.4. The van der Waals surface area contributed by atoms with Crippen LogP contribution in [0.5, 0.6) is 0 Å². The van der Waals surface area contributed by atoms with E-state index in [0.29, 0.717) is 18.0 Å². The molecule has 0 saturated carbocycles. The number of ketones is 1. The van der Waals surface area contributed by atoms with Gasteiger partial charge >= 0.3 is 0 Å². The molecule has 0 fully saturated rings. The van der Waals surface area contributed by atoms with Gasteiger partial charge in [0.05, 0.1) is 5.75 Å². The molecular weight excluding hydrogens is 164 g/mol. The Bertz CT molecular complexity index is 93.6. The normalized spacial score (nSPS) is 9.80. The van der Waals surface area contributed by atoms with Gasteiger partial charge in [0.15, 0.2) is 0 Å². The second-order valence-electron chi connectivity index (χ2n) is 1.94. The third-order valence-corrected chi connectivity index (χ3v) is 2.98. The Morgan fingerprint density at radius 1 is 1.40 bits per heavy atom. The van der Waals surface area contributed by atoms with E-state index in [-0.39, 0.29) is 0 Å². The van der Waals surface area contributed by atoms with E-state index in [4.69, 9.17) is 0 Å². The lowest BCUT2D eigenvalue weighted by Crippen LogP contribution is -1.99. The zero-order chi connectivity index (χ0) is 7.82. The fraction of sp³-hybridized carbons (Fsp3) is 0.857. The molecule has 0 saturated heterocycles. The van der Waals surface area contributed by atoms with Crippen LogP contribution < -0.4 is 0 Å². The second kappa shape index (κ2) is 7.48. The van der Waals surface area contributed by atoms with Crippen LogP contribution in [0.25, 0.3) is 0 Å². The predicted molar refractivity (Wildman–Crippen MR) is 51.0 cm³/mol. The number of rotatable bonds is 6. The SMILES string of the molecule is CCC(=O)CSCCSC. The van der Waals surface area contributed by atoms with E-state index in [1.807, 2.05) is 18.7 Å². The molecular formula is C7H14OS2. The van der Waals surface area contributed by atoms with Crippen LogP contribution in [0, 0.1) is 0 Å². The van der Waals surface area contributed by atoms with Crippen LogP contribution in [-0.4, -0.2) is 29.3 Å². The average molecular weight is 178 g/mol. The van der Waals surface area contributed by atoms with E-state index in [2.05, 4.69) is 6.26 Å². The monoisotopic (exact) mass is 178 g/mol. The van der Waals surface area contributed by atoms with Crippen molar-refractivity contribution < 1.29 is 4.79 Å². The Hall–Kier alpha value is 0.370. The molecule has 0 aliphatic heterocycles. The number of carbonyl (C=O) groups excluding carboxylic acids is 1. The van der Waals surface area contributed by atoms with E-state index in [1.54, 1.807) is 11.8 Å². The number of Topliss-reactive ketones (excluding diaryl/α,β-unsaturated/α-hetero) is 1. The minimum absolute atomic E-state index is 0.367. The number of thioether (sulfide) groups is 2. The van der Waals surface area contributed by atoms with Crippen molar-refractivity contribution in [2.75, 3.05) is 23.5 Å². The van der Waals surface area contributed by atoms with Crippen LogP contribution >= 0.6 is 23.5 Å². The minimum Gasteiger partial charge on any atom is -0.299 e. The Balaban J connectivity index is 2.96. The number of hydrogen-bond acceptors (Lipinski definition) is 3. The summed E-state index contributed by atoms with van der Waals surface area (Å²) in [6.07, 6.45) is 2.77. The summed E-state index contributed by atoms with van der Waals surface area (Å²) in [4.78, 5) is 10.7. The summed E-state index contributed by atoms with van der Waals surface area (Å²) in [5.74, 6) is 3.33. The van der Waals surface area contributed by atoms with Crippen LogP contribution in [-0.2, 0) is 4.79 Å². The summed E-state index contributed by atoms with van der Waals surface area (Å²) in [5.41, 5.74) is 0. The molecule has 0 spiro atoms. The topological polar surface area (TPSA) is 17.1 Å². The van der Waals surface area contributed by atoms with Crippen molar-refractivity contribution >= 4 is 29.3 Å². The molecule has 0 atom stereocenters. The maximum Gasteiger partial charge on any atom is 0.142 e. The predicted octanol–water partition coefficient (Wildman–Crippen LogP) is 2.06. The van der Waals surface area contributed by atoms with Gasteiger partial charge in [-0.15, -0.1) is 0 Å². The molecule has 0 aromatic rings. The van der Waals surface area contributed by atoms with Gasteiger partial charge in [0.2, 0.25) is 0 Å². The van der Waals surface area contributed by atoms with E-state index < -0.39 is 0 Å². The van der Waals surface area contributed by atoms with Crippen molar-refractivity contribution in [3.05, 3.63) is 0 Å². The summed E-state index contributed by atoms with van der Waals surface area (Å²) in [6.45, 7) is 1.91. The summed E-state index contributed by atoms with van der Waals surface area (Å²) in [6, 6.07) is 0. The third-order valence-electron chi connectivity index (χ3n) is 1.09. The van der Waals surface area contributed by atoms with Crippen molar-refractivity contribution in [3.8, 4) is 0 Å². The summed E-state index contributed by atoms with van der Waals surface area (Å²) in [5, 5.41) is 0. The molecule has 60 valence electrons. The van der Waals surface area contributed by atoms with Gasteiger partial charge in [0.1, 0.15) is 5.78 Å². The summed E-state index contributed by atoms with van der Waals surface area (Å²) < 4.78 is 0. The smallest absolute Gasteiger partial charge is 0.142 e. The van der Waals surface area contributed by atoms with E-state index in [1.165, 1.54) is 0 Å². The highest BCUT2D eigenvalue weighted by Crippen LogP contribution is 2.04. The van der Waals surface area contributed by atoms with Crippen molar-refractivity contribution in [1.82, 2.24) is 0 Å². The van der Waals surface area contributed by atoms with E-state index in [0.717, 1.165) is 11.5 Å². The molecule has 0 amide bonds. The Morgan fingerprint density at radius 3 is 2.60 bits per heavy atom. The first-order valence-electron chi connectivity index (χ1n) is 3.39. The molecule has 0 radical (unpaired) electrons.